The first-order valence-electron chi connectivity index (χ1n) is 12.3. The lowest BCUT2D eigenvalue weighted by atomic mass is 9.45. The largest absolute Gasteiger partial charge is 0.393 e. The number of hydrogen-bond donors (Lipinski definition) is 2. The number of ketones is 2. The molecule has 3 fully saturated rings. The fourth-order valence-corrected chi connectivity index (χ4v) is 7.40. The van der Waals surface area contributed by atoms with Crippen LogP contribution < -0.4 is 0 Å². The molecular formula is C26H44O5. The number of carbonyl (C=O) groups excluding carboxylic acids is 2. The van der Waals surface area contributed by atoms with Crippen LogP contribution in [0.25, 0.3) is 0 Å². The van der Waals surface area contributed by atoms with Gasteiger partial charge < -0.3 is 14.9 Å². The standard InChI is InChI=1S/C22H32O5.2C2H6/c1-20-8-6-14(23)10-13(20)4-5-15-16-7-9-22(26,18(25)12-27-3)21(16,2)11-17(24)19(15)20;2*1-2/h10,15-17,19,24,26H,4-9,11-12H2,1-3H3;2*1-2H3/t15-,16-,17-,19+,20-,21-,22-;;/m0../s1. The maximum atomic E-state index is 12.7. The van der Waals surface area contributed by atoms with Crippen LogP contribution in [-0.4, -0.2) is 47.2 Å². The number of aliphatic hydroxyl groups is 2. The van der Waals surface area contributed by atoms with Crippen molar-refractivity contribution in [3.05, 3.63) is 11.6 Å². The van der Waals surface area contributed by atoms with Gasteiger partial charge in [0.05, 0.1) is 6.10 Å². The van der Waals surface area contributed by atoms with Gasteiger partial charge in [-0.2, -0.15) is 0 Å². The molecule has 0 unspecified atom stereocenters. The summed E-state index contributed by atoms with van der Waals surface area (Å²) in [4.78, 5) is 24.7. The SMILES string of the molecule is CC.CC.COCC(=O)[C@@]1(O)CC[C@H]2[C@@H]3CCC4=CC(=O)CC[C@]4(C)[C@H]3[C@@H](O)C[C@@]21C. The lowest BCUT2D eigenvalue weighted by Gasteiger charge is -2.60. The number of methoxy groups -OCH3 is 1. The molecule has 4 aliphatic carbocycles. The van der Waals surface area contributed by atoms with Crippen molar-refractivity contribution in [3.8, 4) is 0 Å². The third-order valence-electron chi connectivity index (χ3n) is 8.79. The Morgan fingerprint density at radius 3 is 2.39 bits per heavy atom. The second kappa shape index (κ2) is 9.84. The quantitative estimate of drug-likeness (QED) is 0.681. The Hall–Kier alpha value is -1.04. The van der Waals surface area contributed by atoms with Gasteiger partial charge in [0.15, 0.2) is 11.6 Å². The number of fused-ring (bicyclic) bond motifs is 5. The van der Waals surface area contributed by atoms with Gasteiger partial charge in [0, 0.05) is 18.9 Å². The molecule has 0 aromatic heterocycles. The summed E-state index contributed by atoms with van der Waals surface area (Å²) in [6.45, 7) is 12.1. The first-order chi connectivity index (χ1) is 14.7. The lowest BCUT2D eigenvalue weighted by molar-refractivity contribution is -0.182. The Bertz CT molecular complexity index is 700. The second-order valence-corrected chi connectivity index (χ2v) is 9.83. The highest BCUT2D eigenvalue weighted by Crippen LogP contribution is 2.67. The van der Waals surface area contributed by atoms with E-state index in [0.717, 1.165) is 25.7 Å². The molecule has 4 aliphatic rings. The molecule has 0 aliphatic heterocycles. The monoisotopic (exact) mass is 436 g/mol. The Kier molecular flexibility index (Phi) is 8.32. The second-order valence-electron chi connectivity index (χ2n) is 9.83. The highest BCUT2D eigenvalue weighted by molar-refractivity contribution is 5.91. The summed E-state index contributed by atoms with van der Waals surface area (Å²) in [7, 11) is 1.47. The van der Waals surface area contributed by atoms with E-state index in [1.807, 2.05) is 40.7 Å². The van der Waals surface area contributed by atoms with Gasteiger partial charge >= 0.3 is 0 Å². The number of hydrogen-bond acceptors (Lipinski definition) is 5. The van der Waals surface area contributed by atoms with Crippen LogP contribution in [-0.2, 0) is 14.3 Å². The van der Waals surface area contributed by atoms with Crippen molar-refractivity contribution in [1.29, 1.82) is 0 Å². The average molecular weight is 437 g/mol. The minimum absolute atomic E-state index is 0.0876. The summed E-state index contributed by atoms with van der Waals surface area (Å²) in [5.74, 6) is 0.540. The van der Waals surface area contributed by atoms with Crippen LogP contribution in [0, 0.1) is 28.6 Å². The normalized spacial score (nSPS) is 43.1. The van der Waals surface area contributed by atoms with E-state index in [0.29, 0.717) is 19.3 Å². The summed E-state index contributed by atoms with van der Waals surface area (Å²) in [6, 6.07) is 0. The first-order valence-corrected chi connectivity index (χ1v) is 12.3. The van der Waals surface area contributed by atoms with E-state index in [2.05, 4.69) is 6.92 Å². The van der Waals surface area contributed by atoms with Gasteiger partial charge in [-0.3, -0.25) is 9.59 Å². The van der Waals surface area contributed by atoms with Crippen molar-refractivity contribution in [1.82, 2.24) is 0 Å². The number of carbonyl (C=O) groups is 2. The van der Waals surface area contributed by atoms with Crippen LogP contribution >= 0.6 is 0 Å². The fourth-order valence-electron chi connectivity index (χ4n) is 7.40. The molecule has 0 aromatic carbocycles. The molecule has 4 rings (SSSR count). The zero-order valence-corrected chi connectivity index (χ0v) is 20.7. The molecule has 7 atom stereocenters. The topological polar surface area (TPSA) is 83.8 Å². The first kappa shape index (κ1) is 26.2. The molecule has 0 saturated heterocycles. The van der Waals surface area contributed by atoms with Gasteiger partial charge in [-0.15, -0.1) is 0 Å². The lowest BCUT2D eigenvalue weighted by Crippen LogP contribution is -2.62. The fraction of sp³-hybridized carbons (Fsp3) is 0.846. The Morgan fingerprint density at radius 1 is 1.13 bits per heavy atom. The summed E-state index contributed by atoms with van der Waals surface area (Å²) in [5, 5.41) is 22.7. The van der Waals surface area contributed by atoms with Crippen molar-refractivity contribution < 1.29 is 24.5 Å². The molecule has 2 N–H and O–H groups in total. The number of aliphatic hydroxyl groups excluding tert-OH is 1. The van der Waals surface area contributed by atoms with E-state index >= 15 is 0 Å². The number of Topliss-reactive ketones (excluding diaryl/α,β-unsaturated/α-hetero) is 1. The summed E-state index contributed by atoms with van der Waals surface area (Å²) < 4.78 is 5.02. The number of rotatable bonds is 3. The van der Waals surface area contributed by atoms with Gasteiger partial charge in [0.2, 0.25) is 0 Å². The van der Waals surface area contributed by atoms with Crippen molar-refractivity contribution in [2.75, 3.05) is 13.7 Å². The molecule has 0 radical (unpaired) electrons. The zero-order chi connectivity index (χ0) is 23.6. The Morgan fingerprint density at radius 2 is 1.77 bits per heavy atom. The third kappa shape index (κ3) is 3.95. The van der Waals surface area contributed by atoms with Crippen LogP contribution in [0.4, 0.5) is 0 Å². The smallest absolute Gasteiger partial charge is 0.190 e. The Balaban J connectivity index is 0.000000807. The molecule has 5 nitrogen and oxygen atoms in total. The maximum Gasteiger partial charge on any atom is 0.190 e. The molecule has 31 heavy (non-hydrogen) atoms. The van der Waals surface area contributed by atoms with E-state index in [-0.39, 0.29) is 41.3 Å². The molecule has 0 amide bonds. The number of allylic oxidation sites excluding steroid dienone is 1. The van der Waals surface area contributed by atoms with Crippen LogP contribution in [0.15, 0.2) is 11.6 Å². The van der Waals surface area contributed by atoms with Crippen LogP contribution in [0.2, 0.25) is 0 Å². The number of ether oxygens (including phenoxy) is 1. The molecule has 5 heteroatoms. The van der Waals surface area contributed by atoms with Gasteiger partial charge in [0.25, 0.3) is 0 Å². The van der Waals surface area contributed by atoms with Gasteiger partial charge in [-0.05, 0) is 67.8 Å². The van der Waals surface area contributed by atoms with Crippen molar-refractivity contribution in [2.24, 2.45) is 28.6 Å². The van der Waals surface area contributed by atoms with Crippen LogP contribution in [0.1, 0.15) is 86.5 Å². The van der Waals surface area contributed by atoms with Gasteiger partial charge in [-0.1, -0.05) is 47.1 Å². The van der Waals surface area contributed by atoms with Gasteiger partial charge in [0.1, 0.15) is 12.2 Å². The van der Waals surface area contributed by atoms with Crippen molar-refractivity contribution in [2.45, 2.75) is 98.2 Å². The van der Waals surface area contributed by atoms with Crippen LogP contribution in [0.3, 0.4) is 0 Å². The van der Waals surface area contributed by atoms with E-state index in [9.17, 15) is 19.8 Å². The van der Waals surface area contributed by atoms with Crippen molar-refractivity contribution >= 4 is 11.6 Å². The van der Waals surface area contributed by atoms with E-state index in [1.165, 1.54) is 12.7 Å². The molecule has 3 saturated carbocycles. The summed E-state index contributed by atoms with van der Waals surface area (Å²) in [6.07, 6.45) is 6.10. The van der Waals surface area contributed by atoms with Gasteiger partial charge in [-0.25, -0.2) is 0 Å². The third-order valence-corrected chi connectivity index (χ3v) is 8.79. The summed E-state index contributed by atoms with van der Waals surface area (Å²) in [5.41, 5.74) is -0.981. The predicted molar refractivity (Wildman–Crippen MR) is 123 cm³/mol. The highest BCUT2D eigenvalue weighted by Gasteiger charge is 2.68. The van der Waals surface area contributed by atoms with Crippen LogP contribution in [0.5, 0.6) is 0 Å². The minimum Gasteiger partial charge on any atom is -0.393 e. The zero-order valence-electron chi connectivity index (χ0n) is 20.7. The molecule has 0 spiro atoms. The Labute approximate surface area is 188 Å². The van der Waals surface area contributed by atoms with Crippen molar-refractivity contribution in [3.63, 3.8) is 0 Å². The molecule has 0 aromatic rings. The summed E-state index contributed by atoms with van der Waals surface area (Å²) >= 11 is 0. The molecule has 178 valence electrons. The van der Waals surface area contributed by atoms with E-state index in [4.69, 9.17) is 4.74 Å². The molecule has 0 heterocycles. The molecule has 0 bridgehead atoms. The molecular weight excluding hydrogens is 392 g/mol. The predicted octanol–water partition coefficient (Wildman–Crippen LogP) is 4.49. The van der Waals surface area contributed by atoms with E-state index < -0.39 is 17.1 Å². The van der Waals surface area contributed by atoms with E-state index in [1.54, 1.807) is 0 Å². The maximum absolute atomic E-state index is 12.7. The highest BCUT2D eigenvalue weighted by atomic mass is 16.5. The average Bonchev–Trinajstić information content (AvgIpc) is 3.03. The minimum atomic E-state index is -1.42.